The molecule has 0 aromatic rings. The van der Waals surface area contributed by atoms with E-state index in [0.29, 0.717) is 11.3 Å². The van der Waals surface area contributed by atoms with Gasteiger partial charge in [-0.25, -0.2) is 0 Å². The van der Waals surface area contributed by atoms with Gasteiger partial charge in [-0.15, -0.1) is 0 Å². The largest absolute Gasteiger partial charge is 0.330 e. The summed E-state index contributed by atoms with van der Waals surface area (Å²) in [5.41, 5.74) is 6.29. The summed E-state index contributed by atoms with van der Waals surface area (Å²) in [4.78, 5) is 2.57. The van der Waals surface area contributed by atoms with E-state index >= 15 is 0 Å². The van der Waals surface area contributed by atoms with E-state index < -0.39 is 0 Å². The van der Waals surface area contributed by atoms with Gasteiger partial charge < -0.3 is 10.6 Å². The van der Waals surface area contributed by atoms with Gasteiger partial charge in [0, 0.05) is 6.54 Å². The lowest BCUT2D eigenvalue weighted by Gasteiger charge is -2.30. The summed E-state index contributed by atoms with van der Waals surface area (Å²) in [6.07, 6.45) is 3.72. The van der Waals surface area contributed by atoms with Crippen molar-refractivity contribution in [2.75, 3.05) is 26.2 Å². The number of rotatable bonds is 8. The minimum atomic E-state index is 0.397. The summed E-state index contributed by atoms with van der Waals surface area (Å²) in [5, 5.41) is 0. The lowest BCUT2D eigenvalue weighted by molar-refractivity contribution is 0.194. The number of nitrogens with zero attached hydrogens (tertiary/aromatic N) is 1. The van der Waals surface area contributed by atoms with Gasteiger partial charge in [-0.1, -0.05) is 34.6 Å². The second kappa shape index (κ2) is 8.08. The van der Waals surface area contributed by atoms with Gasteiger partial charge in [0.15, 0.2) is 0 Å². The third kappa shape index (κ3) is 8.12. The maximum atomic E-state index is 5.89. The topological polar surface area (TPSA) is 29.3 Å². The Morgan fingerprint density at radius 3 is 1.88 bits per heavy atom. The van der Waals surface area contributed by atoms with E-state index in [-0.39, 0.29) is 0 Å². The van der Waals surface area contributed by atoms with Crippen LogP contribution in [0.4, 0.5) is 0 Å². The molecule has 2 nitrogen and oxygen atoms in total. The van der Waals surface area contributed by atoms with E-state index in [9.17, 15) is 0 Å². The fraction of sp³-hybridized carbons (Fsp3) is 1.00. The molecule has 0 rings (SSSR count). The summed E-state index contributed by atoms with van der Waals surface area (Å²) in [7, 11) is 0. The number of hydrogen-bond acceptors (Lipinski definition) is 2. The Balaban J connectivity index is 4.14. The zero-order valence-electron chi connectivity index (χ0n) is 12.1. The van der Waals surface area contributed by atoms with Crippen molar-refractivity contribution in [3.63, 3.8) is 0 Å². The van der Waals surface area contributed by atoms with Gasteiger partial charge in [-0.2, -0.15) is 0 Å². The molecule has 0 aliphatic rings. The van der Waals surface area contributed by atoms with Gasteiger partial charge in [-0.05, 0) is 50.2 Å². The van der Waals surface area contributed by atoms with Gasteiger partial charge in [-0.3, -0.25) is 0 Å². The molecule has 0 aliphatic heterocycles. The van der Waals surface area contributed by atoms with E-state index in [1.54, 1.807) is 0 Å². The molecule has 98 valence electrons. The lowest BCUT2D eigenvalue weighted by Crippen LogP contribution is -2.35. The van der Waals surface area contributed by atoms with Crippen molar-refractivity contribution < 1.29 is 0 Å². The van der Waals surface area contributed by atoms with Crippen molar-refractivity contribution in [1.82, 2.24) is 4.90 Å². The zero-order chi connectivity index (χ0) is 12.6. The highest BCUT2D eigenvalue weighted by Gasteiger charge is 2.19. The summed E-state index contributed by atoms with van der Waals surface area (Å²) < 4.78 is 0. The molecule has 0 saturated heterocycles. The molecule has 0 heterocycles. The van der Waals surface area contributed by atoms with Crippen LogP contribution >= 0.6 is 0 Å². The predicted octanol–water partition coefficient (Wildman–Crippen LogP) is 3.12. The molecule has 16 heavy (non-hydrogen) atoms. The average Bonchev–Trinajstić information content (AvgIpc) is 2.15. The normalized spacial score (nSPS) is 14.4. The summed E-state index contributed by atoms with van der Waals surface area (Å²) in [6.45, 7) is 15.9. The van der Waals surface area contributed by atoms with Gasteiger partial charge in [0.1, 0.15) is 0 Å². The summed E-state index contributed by atoms with van der Waals surface area (Å²) in [6, 6.07) is 0. The Morgan fingerprint density at radius 1 is 1.06 bits per heavy atom. The van der Waals surface area contributed by atoms with Crippen molar-refractivity contribution in [1.29, 1.82) is 0 Å². The lowest BCUT2D eigenvalue weighted by atomic mass is 9.84. The molecule has 0 bridgehead atoms. The van der Waals surface area contributed by atoms with Crippen molar-refractivity contribution in [2.24, 2.45) is 17.1 Å². The van der Waals surface area contributed by atoms with Gasteiger partial charge in [0.25, 0.3) is 0 Å². The molecule has 0 spiro atoms. The van der Waals surface area contributed by atoms with Crippen LogP contribution in [0.2, 0.25) is 0 Å². The maximum absolute atomic E-state index is 5.89. The molecule has 0 saturated carbocycles. The quantitative estimate of drug-likeness (QED) is 0.691. The van der Waals surface area contributed by atoms with E-state index in [1.165, 1.54) is 38.9 Å². The van der Waals surface area contributed by atoms with E-state index in [0.717, 1.165) is 6.54 Å². The van der Waals surface area contributed by atoms with Crippen LogP contribution in [-0.4, -0.2) is 31.1 Å². The smallest absolute Gasteiger partial charge is 0.00219 e. The third-order valence-electron chi connectivity index (χ3n) is 2.83. The first-order chi connectivity index (χ1) is 7.42. The molecule has 2 heteroatoms. The molecule has 1 atom stereocenters. The monoisotopic (exact) mass is 228 g/mol. The highest BCUT2D eigenvalue weighted by atomic mass is 15.1. The number of hydrogen-bond donors (Lipinski definition) is 1. The van der Waals surface area contributed by atoms with E-state index in [1.807, 2.05) is 0 Å². The number of nitrogens with two attached hydrogens (primary N) is 1. The molecule has 0 aromatic heterocycles. The molecule has 0 aliphatic carbocycles. The highest BCUT2D eigenvalue weighted by Crippen LogP contribution is 2.24. The second-order valence-corrected chi connectivity index (χ2v) is 6.17. The Hall–Kier alpha value is -0.0800. The first-order valence-electron chi connectivity index (χ1n) is 6.85. The van der Waals surface area contributed by atoms with Crippen LogP contribution in [0.5, 0.6) is 0 Å². The predicted molar refractivity (Wildman–Crippen MR) is 73.6 cm³/mol. The first-order valence-corrected chi connectivity index (χ1v) is 6.85. The average molecular weight is 228 g/mol. The Bertz CT molecular complexity index is 155. The molecule has 0 fully saturated rings. The molecular formula is C14H32N2. The first kappa shape index (κ1) is 15.9. The summed E-state index contributed by atoms with van der Waals surface area (Å²) >= 11 is 0. The molecular weight excluding hydrogens is 196 g/mol. The van der Waals surface area contributed by atoms with Crippen molar-refractivity contribution >= 4 is 0 Å². The molecule has 0 radical (unpaired) electrons. The maximum Gasteiger partial charge on any atom is 0.00219 e. The van der Waals surface area contributed by atoms with E-state index in [2.05, 4.69) is 39.5 Å². The minimum Gasteiger partial charge on any atom is -0.330 e. The van der Waals surface area contributed by atoms with Crippen LogP contribution in [0.15, 0.2) is 0 Å². The third-order valence-corrected chi connectivity index (χ3v) is 2.83. The van der Waals surface area contributed by atoms with Crippen LogP contribution in [0.25, 0.3) is 0 Å². The minimum absolute atomic E-state index is 0.397. The molecule has 0 amide bonds. The van der Waals surface area contributed by atoms with Crippen molar-refractivity contribution in [2.45, 2.75) is 53.9 Å². The Kier molecular flexibility index (Phi) is 8.04. The Labute approximate surface area is 103 Å². The Morgan fingerprint density at radius 2 is 1.56 bits per heavy atom. The molecule has 0 aromatic carbocycles. The van der Waals surface area contributed by atoms with Gasteiger partial charge in [0.2, 0.25) is 0 Å². The fourth-order valence-corrected chi connectivity index (χ4v) is 2.38. The van der Waals surface area contributed by atoms with Crippen LogP contribution in [0.3, 0.4) is 0 Å². The van der Waals surface area contributed by atoms with Gasteiger partial charge >= 0.3 is 0 Å². The standard InChI is InChI=1S/C14H32N2/c1-6-8-16(9-7-2)12-13(11-15)10-14(3,4)5/h13H,6-12,15H2,1-5H3. The van der Waals surface area contributed by atoms with Crippen LogP contribution < -0.4 is 5.73 Å². The fourth-order valence-electron chi connectivity index (χ4n) is 2.38. The second-order valence-electron chi connectivity index (χ2n) is 6.17. The molecule has 2 N–H and O–H groups in total. The van der Waals surface area contributed by atoms with Crippen LogP contribution in [0.1, 0.15) is 53.9 Å². The van der Waals surface area contributed by atoms with Crippen molar-refractivity contribution in [3.8, 4) is 0 Å². The molecule has 1 unspecified atom stereocenters. The SMILES string of the molecule is CCCN(CCC)CC(CN)CC(C)(C)C. The van der Waals surface area contributed by atoms with Crippen molar-refractivity contribution in [3.05, 3.63) is 0 Å². The zero-order valence-corrected chi connectivity index (χ0v) is 12.1. The highest BCUT2D eigenvalue weighted by molar-refractivity contribution is 4.73. The van der Waals surface area contributed by atoms with Crippen LogP contribution in [0, 0.1) is 11.3 Å². The summed E-state index contributed by atoms with van der Waals surface area (Å²) in [5.74, 6) is 0.651. The van der Waals surface area contributed by atoms with Crippen LogP contribution in [-0.2, 0) is 0 Å². The van der Waals surface area contributed by atoms with Gasteiger partial charge in [0.05, 0.1) is 0 Å². The van der Waals surface area contributed by atoms with E-state index in [4.69, 9.17) is 5.73 Å².